The molecular weight excluding hydrogens is 260 g/mol. The quantitative estimate of drug-likeness (QED) is 0.797. The van der Waals surface area contributed by atoms with Crippen molar-refractivity contribution in [3.8, 4) is 0 Å². The summed E-state index contributed by atoms with van der Waals surface area (Å²) in [5, 5.41) is 0. The lowest BCUT2D eigenvalue weighted by Gasteiger charge is -2.41. The van der Waals surface area contributed by atoms with Gasteiger partial charge < -0.3 is 4.90 Å². The number of carbonyl (C=O) groups is 1. The van der Waals surface area contributed by atoms with Crippen molar-refractivity contribution in [3.63, 3.8) is 0 Å². The van der Waals surface area contributed by atoms with Crippen molar-refractivity contribution in [1.29, 1.82) is 0 Å². The van der Waals surface area contributed by atoms with E-state index < -0.39 is 0 Å². The third-order valence-corrected chi connectivity index (χ3v) is 4.51. The van der Waals surface area contributed by atoms with E-state index in [1.165, 1.54) is 11.1 Å². The highest BCUT2D eigenvalue weighted by Crippen LogP contribution is 2.41. The van der Waals surface area contributed by atoms with Gasteiger partial charge in [-0.25, -0.2) is 0 Å². The van der Waals surface area contributed by atoms with Crippen molar-refractivity contribution in [2.75, 3.05) is 27.2 Å². The zero-order chi connectivity index (χ0) is 15.0. The largest absolute Gasteiger partial charge is 0.383 e. The van der Waals surface area contributed by atoms with Crippen LogP contribution in [0.25, 0.3) is 0 Å². The van der Waals surface area contributed by atoms with E-state index in [0.29, 0.717) is 6.04 Å². The Kier molecular flexibility index (Phi) is 3.85. The summed E-state index contributed by atoms with van der Waals surface area (Å²) in [6.45, 7) is 4.45. The molecular formula is C18H24N2O. The lowest BCUT2D eigenvalue weighted by atomic mass is 9.77. The van der Waals surface area contributed by atoms with Crippen molar-refractivity contribution in [2.24, 2.45) is 0 Å². The average molecular weight is 284 g/mol. The number of hydrogen-bond donors (Lipinski definition) is 0. The molecule has 0 saturated carbocycles. The molecule has 3 rings (SSSR count). The molecule has 0 N–H and O–H groups in total. The zero-order valence-electron chi connectivity index (χ0n) is 13.2. The van der Waals surface area contributed by atoms with Crippen LogP contribution in [0.5, 0.6) is 0 Å². The molecule has 0 spiro atoms. The second kappa shape index (κ2) is 5.64. The van der Waals surface area contributed by atoms with Crippen molar-refractivity contribution in [2.45, 2.75) is 32.2 Å². The van der Waals surface area contributed by atoms with Gasteiger partial charge >= 0.3 is 0 Å². The monoisotopic (exact) mass is 284 g/mol. The lowest BCUT2D eigenvalue weighted by molar-refractivity contribution is 0.0986. The van der Waals surface area contributed by atoms with E-state index >= 15 is 0 Å². The van der Waals surface area contributed by atoms with Crippen molar-refractivity contribution < 1.29 is 4.79 Å². The summed E-state index contributed by atoms with van der Waals surface area (Å²) < 4.78 is 0. The number of nitrogens with zero attached hydrogens (tertiary/aromatic N) is 2. The Labute approximate surface area is 127 Å². The van der Waals surface area contributed by atoms with Gasteiger partial charge in [0.1, 0.15) is 0 Å². The molecule has 0 saturated heterocycles. The van der Waals surface area contributed by atoms with Crippen LogP contribution in [0.15, 0.2) is 30.0 Å². The minimum absolute atomic E-state index is 0.218. The highest BCUT2D eigenvalue weighted by atomic mass is 16.1. The van der Waals surface area contributed by atoms with E-state index in [2.05, 4.69) is 17.9 Å². The van der Waals surface area contributed by atoms with Gasteiger partial charge in [-0.15, -0.1) is 0 Å². The van der Waals surface area contributed by atoms with Crippen molar-refractivity contribution >= 4 is 5.78 Å². The molecule has 1 aromatic rings. The molecule has 1 aliphatic carbocycles. The molecule has 0 radical (unpaired) electrons. The molecule has 1 atom stereocenters. The van der Waals surface area contributed by atoms with E-state index in [4.69, 9.17) is 0 Å². The molecule has 0 bridgehead atoms. The molecule has 0 fully saturated rings. The molecule has 1 heterocycles. The maximum Gasteiger partial charge on any atom is 0.190 e. The minimum Gasteiger partial charge on any atom is -0.383 e. The zero-order valence-corrected chi connectivity index (χ0v) is 13.2. The first-order valence-corrected chi connectivity index (χ1v) is 7.89. The number of carbonyl (C=O) groups excluding carboxylic acids is 1. The van der Waals surface area contributed by atoms with Crippen LogP contribution >= 0.6 is 0 Å². The lowest BCUT2D eigenvalue weighted by Crippen LogP contribution is -2.40. The topological polar surface area (TPSA) is 23.6 Å². The first kappa shape index (κ1) is 14.3. The smallest absolute Gasteiger partial charge is 0.190 e. The highest BCUT2D eigenvalue weighted by Gasteiger charge is 2.36. The van der Waals surface area contributed by atoms with E-state index in [1.54, 1.807) is 0 Å². The fourth-order valence-electron chi connectivity index (χ4n) is 3.71. The molecule has 1 aromatic carbocycles. The summed E-state index contributed by atoms with van der Waals surface area (Å²) in [6, 6.07) is 6.63. The van der Waals surface area contributed by atoms with E-state index in [0.717, 1.165) is 43.5 Å². The van der Waals surface area contributed by atoms with Gasteiger partial charge in [-0.05, 0) is 36.9 Å². The van der Waals surface area contributed by atoms with Crippen molar-refractivity contribution in [1.82, 2.24) is 9.80 Å². The van der Waals surface area contributed by atoms with E-state index in [1.807, 2.05) is 37.3 Å². The molecule has 2 aliphatic rings. The number of hydrogen-bond acceptors (Lipinski definition) is 3. The number of rotatable bonds is 3. The van der Waals surface area contributed by atoms with Crippen LogP contribution in [0.3, 0.4) is 0 Å². The van der Waals surface area contributed by atoms with Crippen LogP contribution in [0.4, 0.5) is 0 Å². The third-order valence-electron chi connectivity index (χ3n) is 4.51. The molecule has 0 amide bonds. The van der Waals surface area contributed by atoms with E-state index in [-0.39, 0.29) is 5.78 Å². The molecule has 3 nitrogen and oxygen atoms in total. The molecule has 0 aromatic heterocycles. The van der Waals surface area contributed by atoms with Gasteiger partial charge in [0.2, 0.25) is 0 Å². The second-order valence-electron chi connectivity index (χ2n) is 6.33. The Morgan fingerprint density at radius 3 is 2.90 bits per heavy atom. The minimum atomic E-state index is 0.218. The Hall–Kier alpha value is -1.61. The summed E-state index contributed by atoms with van der Waals surface area (Å²) in [5.41, 5.74) is 4.55. The van der Waals surface area contributed by atoms with Crippen LogP contribution in [-0.4, -0.2) is 42.8 Å². The van der Waals surface area contributed by atoms with Crippen LogP contribution in [0.1, 0.15) is 47.3 Å². The van der Waals surface area contributed by atoms with Crippen LogP contribution in [0.2, 0.25) is 0 Å². The average Bonchev–Trinajstić information content (AvgIpc) is 2.46. The number of ketones is 1. The summed E-state index contributed by atoms with van der Waals surface area (Å²) in [5.74, 6) is 0.218. The van der Waals surface area contributed by atoms with Crippen molar-refractivity contribution in [3.05, 3.63) is 46.7 Å². The Morgan fingerprint density at radius 2 is 2.19 bits per heavy atom. The molecule has 1 aliphatic heterocycles. The molecule has 1 unspecified atom stereocenters. The molecule has 112 valence electrons. The van der Waals surface area contributed by atoms with Crippen LogP contribution in [0, 0.1) is 0 Å². The predicted octanol–water partition coefficient (Wildman–Crippen LogP) is 3.03. The summed E-state index contributed by atoms with van der Waals surface area (Å²) >= 11 is 0. The Balaban J connectivity index is 2.09. The van der Waals surface area contributed by atoms with Gasteiger partial charge in [-0.3, -0.25) is 9.69 Å². The maximum atomic E-state index is 12.7. The van der Waals surface area contributed by atoms with Gasteiger partial charge in [-0.1, -0.05) is 25.1 Å². The van der Waals surface area contributed by atoms with E-state index in [9.17, 15) is 4.79 Å². The van der Waals surface area contributed by atoms with Gasteiger partial charge in [0.15, 0.2) is 5.78 Å². The SMILES string of the molecule is CCCN1CCc2cccc3c2C1CC(=CN(C)C)C3=O. The summed E-state index contributed by atoms with van der Waals surface area (Å²) in [4.78, 5) is 17.3. The van der Waals surface area contributed by atoms with Crippen LogP contribution in [-0.2, 0) is 6.42 Å². The third kappa shape index (κ3) is 2.51. The Morgan fingerprint density at radius 1 is 1.38 bits per heavy atom. The summed E-state index contributed by atoms with van der Waals surface area (Å²) in [7, 11) is 3.97. The fraction of sp³-hybridized carbons (Fsp3) is 0.500. The maximum absolute atomic E-state index is 12.7. The summed E-state index contributed by atoms with van der Waals surface area (Å²) in [6.07, 6.45) is 5.08. The fourth-order valence-corrected chi connectivity index (χ4v) is 3.71. The van der Waals surface area contributed by atoms with Crippen LogP contribution < -0.4 is 0 Å². The standard InChI is InChI=1S/C18H24N2O/c1-4-9-20-10-8-13-6-5-7-15-17(13)16(20)11-14(18(15)21)12-19(2)3/h5-7,12,16H,4,8-11H2,1-3H3. The van der Waals surface area contributed by atoms with Gasteiger partial charge in [-0.2, -0.15) is 0 Å². The Bertz CT molecular complexity index is 589. The molecule has 21 heavy (non-hydrogen) atoms. The first-order valence-electron chi connectivity index (χ1n) is 7.89. The highest BCUT2D eigenvalue weighted by molar-refractivity contribution is 6.11. The number of benzene rings is 1. The normalized spacial score (nSPS) is 23.3. The van der Waals surface area contributed by atoms with Gasteiger partial charge in [0, 0.05) is 44.0 Å². The van der Waals surface area contributed by atoms with Gasteiger partial charge in [0.25, 0.3) is 0 Å². The predicted molar refractivity (Wildman–Crippen MR) is 85.5 cm³/mol. The molecule has 3 heteroatoms. The van der Waals surface area contributed by atoms with Gasteiger partial charge in [0.05, 0.1) is 0 Å². The number of Topliss-reactive ketones (excluding diaryl/α,β-unsaturated/α-hetero) is 1. The second-order valence-corrected chi connectivity index (χ2v) is 6.33. The first-order chi connectivity index (χ1) is 10.1.